The van der Waals surface area contributed by atoms with Crippen LogP contribution in [0.15, 0.2) is 4.99 Å². The number of aliphatic imine (C=N–C) groups is 1. The summed E-state index contributed by atoms with van der Waals surface area (Å²) in [5.74, 6) is 1.49. The molecule has 1 heterocycles. The standard InChI is InChI=1S/C16H29F3N4O/c1-3-20-15(22(2)8-9-24-11-13-4-5-13)21-14-6-7-23(10-14)12-16(17,18)19/h13-14H,3-12H2,1-2H3,(H,20,21). The van der Waals surface area contributed by atoms with Gasteiger partial charge in [0.2, 0.25) is 0 Å². The fourth-order valence-electron chi connectivity index (χ4n) is 2.80. The van der Waals surface area contributed by atoms with Crippen LogP contribution in [0.1, 0.15) is 26.2 Å². The van der Waals surface area contributed by atoms with E-state index in [2.05, 4.69) is 10.3 Å². The first-order chi connectivity index (χ1) is 11.4. The van der Waals surface area contributed by atoms with Crippen LogP contribution in [-0.2, 0) is 4.74 Å². The summed E-state index contributed by atoms with van der Waals surface area (Å²) in [6, 6.07) is 0.00693. The highest BCUT2D eigenvalue weighted by Crippen LogP contribution is 2.28. The second kappa shape index (κ2) is 8.89. The van der Waals surface area contributed by atoms with E-state index in [1.54, 1.807) is 0 Å². The largest absolute Gasteiger partial charge is 0.401 e. The number of alkyl halides is 3. The van der Waals surface area contributed by atoms with Gasteiger partial charge in [0, 0.05) is 45.9 Å². The van der Waals surface area contributed by atoms with Crippen LogP contribution >= 0.6 is 0 Å². The summed E-state index contributed by atoms with van der Waals surface area (Å²) in [6.45, 7) is 4.80. The van der Waals surface area contributed by atoms with Crippen molar-refractivity contribution in [2.24, 2.45) is 10.9 Å². The molecule has 24 heavy (non-hydrogen) atoms. The molecule has 1 aliphatic carbocycles. The molecule has 0 aromatic heterocycles. The number of likely N-dealkylation sites (tertiary alicyclic amines) is 1. The number of ether oxygens (including phenoxy) is 1. The fraction of sp³-hybridized carbons (Fsp3) is 0.938. The SMILES string of the molecule is CCN=C(NC1CCN(CC(F)(F)F)C1)N(C)CCOCC1CC1. The molecule has 0 amide bonds. The Balaban J connectivity index is 1.72. The number of nitrogens with zero attached hydrogens (tertiary/aromatic N) is 3. The zero-order valence-corrected chi connectivity index (χ0v) is 14.6. The maximum absolute atomic E-state index is 12.5. The zero-order valence-electron chi connectivity index (χ0n) is 14.6. The van der Waals surface area contributed by atoms with Crippen molar-refractivity contribution in [2.45, 2.75) is 38.4 Å². The molecule has 1 unspecified atom stereocenters. The first-order valence-corrected chi connectivity index (χ1v) is 8.76. The summed E-state index contributed by atoms with van der Waals surface area (Å²) < 4.78 is 43.1. The van der Waals surface area contributed by atoms with Crippen LogP contribution in [-0.4, -0.2) is 81.0 Å². The second-order valence-electron chi connectivity index (χ2n) is 6.72. The smallest absolute Gasteiger partial charge is 0.379 e. The number of hydrogen-bond acceptors (Lipinski definition) is 3. The van der Waals surface area contributed by atoms with Gasteiger partial charge in [0.15, 0.2) is 5.96 Å². The van der Waals surface area contributed by atoms with Gasteiger partial charge < -0.3 is 15.0 Å². The van der Waals surface area contributed by atoms with Crippen molar-refractivity contribution >= 4 is 5.96 Å². The highest BCUT2D eigenvalue weighted by Gasteiger charge is 2.34. The Hall–Kier alpha value is -1.02. The monoisotopic (exact) mass is 350 g/mol. The summed E-state index contributed by atoms with van der Waals surface area (Å²) in [6.07, 6.45) is -0.887. The van der Waals surface area contributed by atoms with E-state index < -0.39 is 12.7 Å². The number of likely N-dealkylation sites (N-methyl/N-ethyl adjacent to an activating group) is 1. The van der Waals surface area contributed by atoms with Crippen LogP contribution in [0, 0.1) is 5.92 Å². The average molecular weight is 350 g/mol. The number of guanidine groups is 1. The number of hydrogen-bond donors (Lipinski definition) is 1. The summed E-state index contributed by atoms with van der Waals surface area (Å²) in [5.41, 5.74) is 0. The molecular formula is C16H29F3N4O. The zero-order chi connectivity index (χ0) is 17.6. The van der Waals surface area contributed by atoms with Crippen molar-refractivity contribution in [3.63, 3.8) is 0 Å². The molecular weight excluding hydrogens is 321 g/mol. The summed E-state index contributed by atoms with van der Waals surface area (Å²) in [5, 5.41) is 3.31. The highest BCUT2D eigenvalue weighted by molar-refractivity contribution is 5.80. The van der Waals surface area contributed by atoms with Gasteiger partial charge in [-0.05, 0) is 32.1 Å². The van der Waals surface area contributed by atoms with Gasteiger partial charge in [-0.15, -0.1) is 0 Å². The van der Waals surface area contributed by atoms with Crippen molar-refractivity contribution in [1.29, 1.82) is 0 Å². The molecule has 1 N–H and O–H groups in total. The predicted molar refractivity (Wildman–Crippen MR) is 88.2 cm³/mol. The molecule has 1 atom stereocenters. The van der Waals surface area contributed by atoms with E-state index in [4.69, 9.17) is 4.74 Å². The third kappa shape index (κ3) is 7.25. The topological polar surface area (TPSA) is 40.1 Å². The molecule has 1 aliphatic heterocycles. The minimum atomic E-state index is -4.13. The van der Waals surface area contributed by atoms with Gasteiger partial charge in [-0.2, -0.15) is 13.2 Å². The van der Waals surface area contributed by atoms with E-state index in [9.17, 15) is 13.2 Å². The first-order valence-electron chi connectivity index (χ1n) is 8.76. The minimum Gasteiger partial charge on any atom is -0.379 e. The Morgan fingerprint density at radius 1 is 1.33 bits per heavy atom. The molecule has 2 aliphatic rings. The van der Waals surface area contributed by atoms with E-state index >= 15 is 0 Å². The van der Waals surface area contributed by atoms with Crippen LogP contribution in [0.25, 0.3) is 0 Å². The van der Waals surface area contributed by atoms with Gasteiger partial charge in [-0.3, -0.25) is 9.89 Å². The predicted octanol–water partition coefficient (Wildman–Crippen LogP) is 1.95. The molecule has 0 bridgehead atoms. The number of halogens is 3. The number of rotatable bonds is 8. The van der Waals surface area contributed by atoms with Gasteiger partial charge in [0.05, 0.1) is 13.2 Å². The van der Waals surface area contributed by atoms with Crippen molar-refractivity contribution < 1.29 is 17.9 Å². The molecule has 0 radical (unpaired) electrons. The third-order valence-electron chi connectivity index (χ3n) is 4.30. The Morgan fingerprint density at radius 3 is 2.71 bits per heavy atom. The Morgan fingerprint density at radius 2 is 2.08 bits per heavy atom. The lowest BCUT2D eigenvalue weighted by Crippen LogP contribution is -2.47. The molecule has 2 fully saturated rings. The van der Waals surface area contributed by atoms with Crippen molar-refractivity contribution in [3.05, 3.63) is 0 Å². The second-order valence-corrected chi connectivity index (χ2v) is 6.72. The van der Waals surface area contributed by atoms with Gasteiger partial charge >= 0.3 is 6.18 Å². The molecule has 2 rings (SSSR count). The molecule has 1 saturated carbocycles. The molecule has 140 valence electrons. The molecule has 8 heteroatoms. The maximum atomic E-state index is 12.5. The molecule has 0 aromatic carbocycles. The number of nitrogens with one attached hydrogen (secondary N) is 1. The summed E-state index contributed by atoms with van der Waals surface area (Å²) in [4.78, 5) is 7.88. The molecule has 5 nitrogen and oxygen atoms in total. The van der Waals surface area contributed by atoms with Crippen molar-refractivity contribution in [1.82, 2.24) is 15.1 Å². The Kier molecular flexibility index (Phi) is 7.16. The van der Waals surface area contributed by atoms with Crippen LogP contribution < -0.4 is 5.32 Å². The Labute approximate surface area is 142 Å². The van der Waals surface area contributed by atoms with E-state index in [0.717, 1.165) is 25.0 Å². The maximum Gasteiger partial charge on any atom is 0.401 e. The van der Waals surface area contributed by atoms with Gasteiger partial charge in [-0.1, -0.05) is 0 Å². The summed E-state index contributed by atoms with van der Waals surface area (Å²) in [7, 11) is 1.93. The van der Waals surface area contributed by atoms with Gasteiger partial charge in [-0.25, -0.2) is 0 Å². The van der Waals surface area contributed by atoms with E-state index in [0.29, 0.717) is 32.7 Å². The highest BCUT2D eigenvalue weighted by atomic mass is 19.4. The van der Waals surface area contributed by atoms with E-state index in [-0.39, 0.29) is 6.04 Å². The minimum absolute atomic E-state index is 0.00693. The van der Waals surface area contributed by atoms with Crippen LogP contribution in [0.5, 0.6) is 0 Å². The van der Waals surface area contributed by atoms with Gasteiger partial charge in [0.25, 0.3) is 0 Å². The summed E-state index contributed by atoms with van der Waals surface area (Å²) >= 11 is 0. The average Bonchev–Trinajstić information content (AvgIpc) is 3.22. The molecule has 0 spiro atoms. The lowest BCUT2D eigenvalue weighted by atomic mass is 10.3. The lowest BCUT2D eigenvalue weighted by molar-refractivity contribution is -0.143. The quantitative estimate of drug-likeness (QED) is 0.413. The van der Waals surface area contributed by atoms with Crippen LogP contribution in [0.4, 0.5) is 13.2 Å². The van der Waals surface area contributed by atoms with Crippen LogP contribution in [0.3, 0.4) is 0 Å². The fourth-order valence-corrected chi connectivity index (χ4v) is 2.80. The first kappa shape index (κ1) is 19.3. The van der Waals surface area contributed by atoms with Crippen LogP contribution in [0.2, 0.25) is 0 Å². The van der Waals surface area contributed by atoms with E-state index in [1.165, 1.54) is 17.7 Å². The molecule has 0 aromatic rings. The Bertz CT molecular complexity index is 413. The lowest BCUT2D eigenvalue weighted by Gasteiger charge is -2.25. The van der Waals surface area contributed by atoms with E-state index in [1.807, 2.05) is 18.9 Å². The molecule has 1 saturated heterocycles. The van der Waals surface area contributed by atoms with Gasteiger partial charge in [0.1, 0.15) is 0 Å². The normalized spacial score (nSPS) is 22.9. The van der Waals surface area contributed by atoms with Crippen molar-refractivity contribution in [2.75, 3.05) is 53.0 Å². The third-order valence-corrected chi connectivity index (χ3v) is 4.30. The van der Waals surface area contributed by atoms with Crippen molar-refractivity contribution in [3.8, 4) is 0 Å².